The van der Waals surface area contributed by atoms with Crippen LogP contribution in [0.2, 0.25) is 0 Å². The van der Waals surface area contributed by atoms with E-state index in [0.717, 1.165) is 5.33 Å². The van der Waals surface area contributed by atoms with E-state index >= 15 is 0 Å². The fraction of sp³-hybridized carbons (Fsp3) is 0.250. The molecule has 0 aliphatic heterocycles. The summed E-state index contributed by atoms with van der Waals surface area (Å²) in [6.45, 7) is 0. The topological polar surface area (TPSA) is 12.9 Å². The highest BCUT2D eigenvalue weighted by atomic mass is 79.9. The van der Waals surface area contributed by atoms with E-state index in [4.69, 9.17) is 7.85 Å². The van der Waals surface area contributed by atoms with Gasteiger partial charge in [-0.3, -0.25) is 4.98 Å². The van der Waals surface area contributed by atoms with E-state index < -0.39 is 0 Å². The normalized spacial score (nSPS) is 9.62. The van der Waals surface area contributed by atoms with E-state index in [-0.39, 0.29) is 0 Å². The highest BCUT2D eigenvalue weighted by Gasteiger charge is 1.91. The van der Waals surface area contributed by atoms with Gasteiger partial charge in [-0.1, -0.05) is 15.9 Å². The molecule has 0 aliphatic rings. The maximum absolute atomic E-state index is 5.34. The zero-order valence-corrected chi connectivity index (χ0v) is 6.50. The molecule has 0 saturated carbocycles. The van der Waals surface area contributed by atoms with Crippen LogP contribution in [0.25, 0.3) is 0 Å². The van der Waals surface area contributed by atoms with Crippen molar-refractivity contribution >= 4 is 40.0 Å². The standard InChI is InChI=1S/C4H3BBrNS/c5-4-7-2-3(1-6)8-4/h2H,1H2. The van der Waals surface area contributed by atoms with E-state index in [1.54, 1.807) is 6.20 Å². The number of thiazole rings is 1. The summed E-state index contributed by atoms with van der Waals surface area (Å²) in [6.07, 6.45) is 1.77. The van der Waals surface area contributed by atoms with Crippen molar-refractivity contribution in [3.63, 3.8) is 0 Å². The lowest BCUT2D eigenvalue weighted by molar-refractivity contribution is 1.41. The highest BCUT2D eigenvalue weighted by Crippen LogP contribution is 2.06. The molecule has 0 aliphatic carbocycles. The van der Waals surface area contributed by atoms with Crippen molar-refractivity contribution in [1.29, 1.82) is 0 Å². The Hall–Kier alpha value is 0.175. The second kappa shape index (κ2) is 2.64. The lowest BCUT2D eigenvalue weighted by atomic mass is 10.2. The second-order valence-electron chi connectivity index (χ2n) is 1.30. The number of nitrogens with zero attached hydrogens (tertiary/aromatic N) is 1. The van der Waals surface area contributed by atoms with Gasteiger partial charge in [0.05, 0.1) is 0 Å². The SMILES string of the molecule is [B]c1ncc(CBr)s1. The minimum absolute atomic E-state index is 0.638. The van der Waals surface area contributed by atoms with Crippen LogP contribution in [-0.2, 0) is 5.33 Å². The third-order valence-corrected chi connectivity index (χ3v) is 2.50. The summed E-state index contributed by atoms with van der Waals surface area (Å²) in [4.78, 5) is 5.66. The maximum Gasteiger partial charge on any atom is 0.157 e. The van der Waals surface area contributed by atoms with E-state index in [0.29, 0.717) is 4.91 Å². The molecule has 1 heterocycles. The Labute approximate surface area is 61.7 Å². The van der Waals surface area contributed by atoms with Crippen LogP contribution in [0.1, 0.15) is 4.88 Å². The van der Waals surface area contributed by atoms with Crippen LogP contribution in [0, 0.1) is 0 Å². The summed E-state index contributed by atoms with van der Waals surface area (Å²) >= 11 is 4.79. The minimum atomic E-state index is 0.638. The summed E-state index contributed by atoms with van der Waals surface area (Å²) < 4.78 is 0. The summed E-state index contributed by atoms with van der Waals surface area (Å²) in [6, 6.07) is 0. The van der Waals surface area contributed by atoms with E-state index in [2.05, 4.69) is 20.9 Å². The Morgan fingerprint density at radius 2 is 2.62 bits per heavy atom. The first-order valence-corrected chi connectivity index (χ1v) is 4.03. The molecule has 40 valence electrons. The molecule has 0 N–H and O–H groups in total. The van der Waals surface area contributed by atoms with Crippen LogP contribution in [0.3, 0.4) is 0 Å². The molecule has 0 aromatic carbocycles. The third kappa shape index (κ3) is 1.32. The summed E-state index contributed by atoms with van der Waals surface area (Å²) in [5.41, 5.74) is 0. The van der Waals surface area contributed by atoms with Gasteiger partial charge in [0.1, 0.15) is 0 Å². The molecule has 0 unspecified atom stereocenters. The van der Waals surface area contributed by atoms with Crippen molar-refractivity contribution in [2.45, 2.75) is 5.33 Å². The molecule has 8 heavy (non-hydrogen) atoms. The lowest BCUT2D eigenvalue weighted by Crippen LogP contribution is -1.95. The number of hydrogen-bond acceptors (Lipinski definition) is 2. The van der Waals surface area contributed by atoms with Crippen molar-refractivity contribution < 1.29 is 0 Å². The summed E-state index contributed by atoms with van der Waals surface area (Å²) in [5.74, 6) is 0. The van der Waals surface area contributed by atoms with Crippen molar-refractivity contribution in [2.24, 2.45) is 0 Å². The predicted molar refractivity (Wildman–Crippen MR) is 40.1 cm³/mol. The lowest BCUT2D eigenvalue weighted by Gasteiger charge is -1.76. The number of rotatable bonds is 1. The maximum atomic E-state index is 5.34. The first kappa shape index (κ1) is 6.30. The van der Waals surface area contributed by atoms with Gasteiger partial charge in [-0.05, 0) is 0 Å². The molecule has 0 saturated heterocycles. The van der Waals surface area contributed by atoms with Crippen LogP contribution >= 0.6 is 27.3 Å². The van der Waals surface area contributed by atoms with Gasteiger partial charge in [0, 0.05) is 21.3 Å². The molecule has 2 radical (unpaired) electrons. The van der Waals surface area contributed by atoms with Gasteiger partial charge in [0.25, 0.3) is 0 Å². The van der Waals surface area contributed by atoms with Crippen LogP contribution in [0.15, 0.2) is 6.20 Å². The molecule has 1 rings (SSSR count). The van der Waals surface area contributed by atoms with Crippen molar-refractivity contribution in [3.05, 3.63) is 11.1 Å². The minimum Gasteiger partial charge on any atom is -0.261 e. The van der Waals surface area contributed by atoms with Crippen LogP contribution in [0.4, 0.5) is 0 Å². The molecule has 4 heteroatoms. The molecule has 1 aromatic rings. The number of halogens is 1. The molecule has 0 fully saturated rings. The number of alkyl halides is 1. The van der Waals surface area contributed by atoms with Gasteiger partial charge in [-0.2, -0.15) is 0 Å². The van der Waals surface area contributed by atoms with Gasteiger partial charge in [0.2, 0.25) is 0 Å². The monoisotopic (exact) mass is 187 g/mol. The van der Waals surface area contributed by atoms with Gasteiger partial charge in [0.15, 0.2) is 7.85 Å². The average molecular weight is 188 g/mol. The predicted octanol–water partition coefficient (Wildman–Crippen LogP) is 0.832. The van der Waals surface area contributed by atoms with E-state index in [1.807, 2.05) is 0 Å². The zero-order valence-electron chi connectivity index (χ0n) is 4.10. The molecule has 0 amide bonds. The van der Waals surface area contributed by atoms with Gasteiger partial charge < -0.3 is 0 Å². The quantitative estimate of drug-likeness (QED) is 0.469. The van der Waals surface area contributed by atoms with Gasteiger partial charge in [-0.25, -0.2) is 0 Å². The molecular weight excluding hydrogens is 185 g/mol. The summed E-state index contributed by atoms with van der Waals surface area (Å²) in [7, 11) is 5.34. The number of aromatic nitrogens is 1. The Kier molecular flexibility index (Phi) is 2.08. The highest BCUT2D eigenvalue weighted by molar-refractivity contribution is 9.08. The Balaban J connectivity index is 2.84. The Morgan fingerprint density at radius 1 is 1.88 bits per heavy atom. The zero-order chi connectivity index (χ0) is 5.98. The molecule has 0 bridgehead atoms. The van der Waals surface area contributed by atoms with E-state index in [1.165, 1.54) is 16.2 Å². The first-order valence-electron chi connectivity index (χ1n) is 2.09. The largest absolute Gasteiger partial charge is 0.261 e. The summed E-state index contributed by atoms with van der Waals surface area (Å²) in [5, 5.41) is 0.849. The Bertz CT molecular complexity index is 176. The molecular formula is C4H3BBrNS. The van der Waals surface area contributed by atoms with Gasteiger partial charge >= 0.3 is 0 Å². The van der Waals surface area contributed by atoms with Crippen LogP contribution < -0.4 is 4.91 Å². The smallest absolute Gasteiger partial charge is 0.157 e. The van der Waals surface area contributed by atoms with Gasteiger partial charge in [-0.15, -0.1) is 11.3 Å². The molecule has 0 atom stereocenters. The van der Waals surface area contributed by atoms with Crippen molar-refractivity contribution in [1.82, 2.24) is 4.98 Å². The third-order valence-electron chi connectivity index (χ3n) is 0.703. The van der Waals surface area contributed by atoms with E-state index in [9.17, 15) is 0 Å². The van der Waals surface area contributed by atoms with Crippen molar-refractivity contribution in [3.8, 4) is 0 Å². The van der Waals surface area contributed by atoms with Crippen LogP contribution in [-0.4, -0.2) is 12.8 Å². The molecule has 1 nitrogen and oxygen atoms in total. The average Bonchev–Trinajstić information content (AvgIpc) is 2.14. The fourth-order valence-electron chi connectivity index (χ4n) is 0.384. The number of hydrogen-bond donors (Lipinski definition) is 0. The fourth-order valence-corrected chi connectivity index (χ4v) is 1.41. The molecule has 1 aromatic heterocycles. The Morgan fingerprint density at radius 3 is 2.88 bits per heavy atom. The second-order valence-corrected chi connectivity index (χ2v) is 3.01. The van der Waals surface area contributed by atoms with Crippen molar-refractivity contribution in [2.75, 3.05) is 0 Å². The molecule has 0 spiro atoms. The first-order chi connectivity index (χ1) is 3.83. The van der Waals surface area contributed by atoms with Crippen LogP contribution in [0.5, 0.6) is 0 Å².